The molecule has 1 amide bonds. The highest BCUT2D eigenvalue weighted by Gasteiger charge is 2.37. The van der Waals surface area contributed by atoms with E-state index >= 15 is 0 Å². The first-order valence-corrected chi connectivity index (χ1v) is 7.15. The predicted octanol–water partition coefficient (Wildman–Crippen LogP) is 4.34. The van der Waals surface area contributed by atoms with Crippen LogP contribution in [-0.4, -0.2) is 5.91 Å². The molecule has 0 bridgehead atoms. The first-order valence-electron chi connectivity index (χ1n) is 7.15. The fourth-order valence-electron chi connectivity index (χ4n) is 3.93. The molecule has 0 saturated heterocycles. The third kappa shape index (κ3) is 2.40. The fourth-order valence-corrected chi connectivity index (χ4v) is 3.93. The SMILES string of the molecule is CC1=C2[C@H](CC(C)C(=O)N=N)CC[C@@H](C)[C@H]2CC1. The van der Waals surface area contributed by atoms with Crippen LogP contribution in [0.5, 0.6) is 0 Å². The van der Waals surface area contributed by atoms with Crippen LogP contribution in [0.15, 0.2) is 16.3 Å². The number of hydrogen-bond donors (Lipinski definition) is 1. The molecule has 0 aromatic carbocycles. The lowest BCUT2D eigenvalue weighted by Crippen LogP contribution is -2.26. The van der Waals surface area contributed by atoms with Gasteiger partial charge in [-0.15, -0.1) is 5.11 Å². The second-order valence-electron chi connectivity index (χ2n) is 6.22. The highest BCUT2D eigenvalue weighted by atomic mass is 16.1. The summed E-state index contributed by atoms with van der Waals surface area (Å²) in [6.45, 7) is 6.55. The van der Waals surface area contributed by atoms with Crippen LogP contribution in [0, 0.1) is 29.2 Å². The van der Waals surface area contributed by atoms with Crippen molar-refractivity contribution in [1.29, 1.82) is 5.53 Å². The molecule has 0 heterocycles. The van der Waals surface area contributed by atoms with Gasteiger partial charge in [0.1, 0.15) is 0 Å². The Morgan fingerprint density at radius 3 is 2.83 bits per heavy atom. The Hall–Kier alpha value is -0.990. The van der Waals surface area contributed by atoms with Crippen molar-refractivity contribution in [2.24, 2.45) is 28.8 Å². The van der Waals surface area contributed by atoms with E-state index in [0.29, 0.717) is 5.92 Å². The summed E-state index contributed by atoms with van der Waals surface area (Å²) in [5.74, 6) is 1.78. The Balaban J connectivity index is 2.11. The molecule has 2 aliphatic rings. The van der Waals surface area contributed by atoms with Crippen molar-refractivity contribution in [1.82, 2.24) is 0 Å². The van der Waals surface area contributed by atoms with E-state index in [-0.39, 0.29) is 11.8 Å². The van der Waals surface area contributed by atoms with Gasteiger partial charge < -0.3 is 0 Å². The van der Waals surface area contributed by atoms with Crippen molar-refractivity contribution < 1.29 is 4.79 Å². The van der Waals surface area contributed by atoms with Gasteiger partial charge in [-0.25, -0.2) is 5.53 Å². The average Bonchev–Trinajstić information content (AvgIpc) is 2.75. The van der Waals surface area contributed by atoms with E-state index in [4.69, 9.17) is 5.53 Å². The maximum Gasteiger partial charge on any atom is 0.266 e. The molecular formula is C15H24N2O. The van der Waals surface area contributed by atoms with Gasteiger partial charge in [0.2, 0.25) is 0 Å². The van der Waals surface area contributed by atoms with Crippen LogP contribution in [0.25, 0.3) is 0 Å². The first kappa shape index (κ1) is 13.4. The third-order valence-electron chi connectivity index (χ3n) is 4.99. The number of carbonyl (C=O) groups excluding carboxylic acids is 1. The molecule has 0 aliphatic heterocycles. The maximum atomic E-state index is 11.5. The van der Waals surface area contributed by atoms with E-state index in [1.165, 1.54) is 25.7 Å². The van der Waals surface area contributed by atoms with Crippen LogP contribution in [0.2, 0.25) is 0 Å². The molecule has 0 aromatic heterocycles. The molecule has 1 fully saturated rings. The van der Waals surface area contributed by atoms with Crippen molar-refractivity contribution in [3.63, 3.8) is 0 Å². The van der Waals surface area contributed by atoms with Gasteiger partial charge in [0.15, 0.2) is 0 Å². The van der Waals surface area contributed by atoms with E-state index in [2.05, 4.69) is 19.0 Å². The second kappa shape index (κ2) is 5.33. The van der Waals surface area contributed by atoms with Crippen LogP contribution in [0.4, 0.5) is 0 Å². The van der Waals surface area contributed by atoms with Gasteiger partial charge >= 0.3 is 0 Å². The highest BCUT2D eigenvalue weighted by Crippen LogP contribution is 2.49. The van der Waals surface area contributed by atoms with Crippen LogP contribution in [0.3, 0.4) is 0 Å². The van der Waals surface area contributed by atoms with Crippen molar-refractivity contribution >= 4 is 5.91 Å². The Kier molecular flexibility index (Phi) is 3.98. The molecule has 0 aromatic rings. The van der Waals surface area contributed by atoms with Gasteiger partial charge in [-0.3, -0.25) is 4.79 Å². The summed E-state index contributed by atoms with van der Waals surface area (Å²) in [5.41, 5.74) is 10.1. The van der Waals surface area contributed by atoms with E-state index in [1.54, 1.807) is 11.1 Å². The van der Waals surface area contributed by atoms with Crippen LogP contribution in [0.1, 0.15) is 52.9 Å². The minimum absolute atomic E-state index is 0.0949. The minimum atomic E-state index is -0.263. The van der Waals surface area contributed by atoms with Gasteiger partial charge in [0.25, 0.3) is 5.91 Å². The molecule has 18 heavy (non-hydrogen) atoms. The molecule has 0 spiro atoms. The summed E-state index contributed by atoms with van der Waals surface area (Å²) in [4.78, 5) is 11.5. The summed E-state index contributed by atoms with van der Waals surface area (Å²) < 4.78 is 0. The van der Waals surface area contributed by atoms with E-state index in [0.717, 1.165) is 18.3 Å². The number of nitrogens with one attached hydrogen (secondary N) is 1. The monoisotopic (exact) mass is 248 g/mol. The topological polar surface area (TPSA) is 53.3 Å². The average molecular weight is 248 g/mol. The fraction of sp³-hybridized carbons (Fsp3) is 0.800. The van der Waals surface area contributed by atoms with Crippen molar-refractivity contribution in [3.8, 4) is 0 Å². The number of allylic oxidation sites excluding steroid dienone is 2. The third-order valence-corrected chi connectivity index (χ3v) is 4.99. The van der Waals surface area contributed by atoms with Gasteiger partial charge in [-0.2, -0.15) is 0 Å². The zero-order valence-electron chi connectivity index (χ0n) is 11.7. The van der Waals surface area contributed by atoms with Gasteiger partial charge in [-0.05, 0) is 56.8 Å². The largest absolute Gasteiger partial charge is 0.271 e. The van der Waals surface area contributed by atoms with Crippen molar-refractivity contribution in [2.75, 3.05) is 0 Å². The van der Waals surface area contributed by atoms with Gasteiger partial charge in [0.05, 0.1) is 0 Å². The molecule has 2 rings (SSSR count). The number of hydrogen-bond acceptors (Lipinski definition) is 2. The van der Waals surface area contributed by atoms with E-state index in [9.17, 15) is 4.79 Å². The second-order valence-corrected chi connectivity index (χ2v) is 6.22. The number of amides is 1. The van der Waals surface area contributed by atoms with Crippen LogP contribution >= 0.6 is 0 Å². The Morgan fingerprint density at radius 2 is 2.17 bits per heavy atom. The molecule has 2 aliphatic carbocycles. The first-order chi connectivity index (χ1) is 8.54. The number of carbonyl (C=O) groups is 1. The highest BCUT2D eigenvalue weighted by molar-refractivity contribution is 5.78. The van der Waals surface area contributed by atoms with Crippen molar-refractivity contribution in [2.45, 2.75) is 52.9 Å². The molecule has 1 saturated carbocycles. The summed E-state index contributed by atoms with van der Waals surface area (Å²) in [7, 11) is 0. The molecule has 1 unspecified atom stereocenters. The van der Waals surface area contributed by atoms with E-state index < -0.39 is 0 Å². The van der Waals surface area contributed by atoms with E-state index in [1.807, 2.05) is 6.92 Å². The zero-order chi connectivity index (χ0) is 13.3. The van der Waals surface area contributed by atoms with Crippen molar-refractivity contribution in [3.05, 3.63) is 11.1 Å². The number of nitrogens with zero attached hydrogens (tertiary/aromatic N) is 1. The Labute approximate surface area is 110 Å². The summed E-state index contributed by atoms with van der Waals surface area (Å²) in [5, 5.41) is 3.07. The molecule has 3 nitrogen and oxygen atoms in total. The van der Waals surface area contributed by atoms with Gasteiger partial charge in [0, 0.05) is 5.92 Å². The number of fused-ring (bicyclic) bond motifs is 1. The molecule has 1 N–H and O–H groups in total. The maximum absolute atomic E-state index is 11.5. The quantitative estimate of drug-likeness (QED) is 0.586. The lowest BCUT2D eigenvalue weighted by Gasteiger charge is -2.36. The summed E-state index contributed by atoms with van der Waals surface area (Å²) >= 11 is 0. The lowest BCUT2D eigenvalue weighted by atomic mass is 9.69. The Morgan fingerprint density at radius 1 is 1.44 bits per heavy atom. The smallest absolute Gasteiger partial charge is 0.266 e. The standard InChI is InChI=1S/C15H24N2O/c1-9-4-6-12(8-11(3)15(18)17-16)14-10(2)5-7-13(9)14/h9,11-13,16H,4-8H2,1-3H3/t9-,11?,12+,13-/m1/s1. The molecule has 0 radical (unpaired) electrons. The zero-order valence-corrected chi connectivity index (χ0v) is 11.7. The minimum Gasteiger partial charge on any atom is -0.271 e. The normalized spacial score (nSPS) is 33.2. The molecule has 3 heteroatoms. The summed E-state index contributed by atoms with van der Waals surface area (Å²) in [6, 6.07) is 0. The predicted molar refractivity (Wildman–Crippen MR) is 71.2 cm³/mol. The lowest BCUT2D eigenvalue weighted by molar-refractivity contribution is -0.122. The van der Waals surface area contributed by atoms with Gasteiger partial charge in [-0.1, -0.05) is 25.0 Å². The number of rotatable bonds is 3. The molecule has 100 valence electrons. The molecular weight excluding hydrogens is 224 g/mol. The molecule has 4 atom stereocenters. The van der Waals surface area contributed by atoms with Crippen LogP contribution < -0.4 is 0 Å². The van der Waals surface area contributed by atoms with Crippen LogP contribution in [-0.2, 0) is 4.79 Å². The summed E-state index contributed by atoms with van der Waals surface area (Å²) in [6.07, 6.45) is 5.93. The Bertz CT molecular complexity index is 386.